The van der Waals surface area contributed by atoms with Gasteiger partial charge in [-0.3, -0.25) is 9.78 Å². The number of anilines is 1. The van der Waals surface area contributed by atoms with Crippen LogP contribution in [0.3, 0.4) is 0 Å². The fraction of sp³-hybridized carbons (Fsp3) is 0.312. The summed E-state index contributed by atoms with van der Waals surface area (Å²) < 4.78 is 24.1. The second-order valence-electron chi connectivity index (χ2n) is 5.77. The molecule has 27 heavy (non-hydrogen) atoms. The first kappa shape index (κ1) is 17.7. The maximum Gasteiger partial charge on any atom is 0.280 e. The number of imidazole rings is 1. The summed E-state index contributed by atoms with van der Waals surface area (Å²) in [4.78, 5) is 22.4. The highest BCUT2D eigenvalue weighted by atomic mass is 31.2. The maximum atomic E-state index is 11.8. The molecule has 0 radical (unpaired) electrons. The second-order valence-corrected chi connectivity index (χ2v) is 7.13. The molecule has 1 aliphatic heterocycles. The lowest BCUT2D eigenvalue weighted by molar-refractivity contribution is 0.148. The topological polar surface area (TPSA) is 127 Å². The highest BCUT2D eigenvalue weighted by Crippen LogP contribution is 2.46. The molecule has 0 saturated heterocycles. The minimum atomic E-state index is -1.16. The molecule has 0 bridgehead atoms. The number of ether oxygens (including phenoxy) is 2. The quantitative estimate of drug-likeness (QED) is 0.479. The average molecular weight is 391 g/mol. The van der Waals surface area contributed by atoms with E-state index in [-0.39, 0.29) is 17.0 Å². The van der Waals surface area contributed by atoms with Gasteiger partial charge in [-0.25, -0.2) is 4.98 Å². The van der Waals surface area contributed by atoms with Gasteiger partial charge >= 0.3 is 0 Å². The molecule has 0 fully saturated rings. The van der Waals surface area contributed by atoms with Gasteiger partial charge in [-0.2, -0.15) is 4.98 Å². The molecular weight excluding hydrogens is 373 g/mol. The molecular formula is C16H18N5O5P. The largest absolute Gasteiger partial charge is 0.497 e. The number of H-pyrrole nitrogens is 1. The number of aromatic amines is 1. The summed E-state index contributed by atoms with van der Waals surface area (Å²) in [6.45, 7) is 1.32. The number of aromatic nitrogens is 4. The zero-order chi connectivity index (χ0) is 18.8. The van der Waals surface area contributed by atoms with Crippen LogP contribution < -0.4 is 20.6 Å². The van der Waals surface area contributed by atoms with E-state index in [1.807, 2.05) is 18.2 Å². The van der Waals surface area contributed by atoms with Gasteiger partial charge in [0, 0.05) is 12.1 Å². The fourth-order valence-corrected chi connectivity index (χ4v) is 3.80. The zero-order valence-electron chi connectivity index (χ0n) is 14.5. The smallest absolute Gasteiger partial charge is 0.280 e. The van der Waals surface area contributed by atoms with Crippen LogP contribution in [0.2, 0.25) is 0 Å². The third-order valence-electron chi connectivity index (χ3n) is 4.00. The minimum Gasteiger partial charge on any atom is -0.497 e. The predicted molar refractivity (Wildman–Crippen MR) is 98.7 cm³/mol. The number of nitrogens with one attached hydrogen (secondary N) is 1. The van der Waals surface area contributed by atoms with Crippen molar-refractivity contribution in [1.29, 1.82) is 0 Å². The Morgan fingerprint density at radius 1 is 1.44 bits per heavy atom. The van der Waals surface area contributed by atoms with E-state index < -0.39 is 8.38 Å². The lowest BCUT2D eigenvalue weighted by Gasteiger charge is -2.25. The standard InChI is InChI=1S/C16H18N5O5P/c1-23-11-2-3-12-10(6-11)7-25-27(26-12)9-24-5-4-21-8-18-13-14(21)19-16(17)20-15(13)22/h2-3,6,8H,4-5,7,9H2,1H3,(H3,17,19,20,22). The molecule has 10 nitrogen and oxygen atoms in total. The summed E-state index contributed by atoms with van der Waals surface area (Å²) in [7, 11) is 0.457. The van der Waals surface area contributed by atoms with Crippen LogP contribution in [0.5, 0.6) is 11.5 Å². The van der Waals surface area contributed by atoms with Gasteiger partial charge in [0.05, 0.1) is 26.7 Å². The van der Waals surface area contributed by atoms with Crippen molar-refractivity contribution in [2.24, 2.45) is 0 Å². The van der Waals surface area contributed by atoms with Crippen LogP contribution in [-0.2, 0) is 22.4 Å². The van der Waals surface area contributed by atoms with Crippen LogP contribution in [0.4, 0.5) is 5.95 Å². The molecule has 3 N–H and O–H groups in total. The molecule has 1 aromatic carbocycles. The molecule has 3 heterocycles. The van der Waals surface area contributed by atoms with Gasteiger partial charge in [0.2, 0.25) is 5.95 Å². The Balaban J connectivity index is 1.31. The van der Waals surface area contributed by atoms with Crippen molar-refractivity contribution < 1.29 is 18.5 Å². The summed E-state index contributed by atoms with van der Waals surface area (Å²) >= 11 is 0. The van der Waals surface area contributed by atoms with Gasteiger partial charge in [0.25, 0.3) is 13.9 Å². The zero-order valence-corrected chi connectivity index (χ0v) is 15.4. The molecule has 0 aliphatic carbocycles. The van der Waals surface area contributed by atoms with Crippen LogP contribution in [0, 0.1) is 0 Å². The second kappa shape index (κ2) is 7.51. The first-order valence-electron chi connectivity index (χ1n) is 8.18. The van der Waals surface area contributed by atoms with E-state index in [9.17, 15) is 4.79 Å². The SMILES string of the molecule is COc1ccc2c(c1)COP(COCCn1cnc3c(=O)[nH]c(N)nc31)O2. The summed E-state index contributed by atoms with van der Waals surface area (Å²) in [5, 5.41) is 0. The van der Waals surface area contributed by atoms with Crippen molar-refractivity contribution in [3.05, 3.63) is 40.4 Å². The number of nitrogens with two attached hydrogens (primary N) is 1. The van der Waals surface area contributed by atoms with Crippen molar-refractivity contribution in [2.75, 3.05) is 25.8 Å². The Hall–Kier alpha value is -2.68. The van der Waals surface area contributed by atoms with E-state index >= 15 is 0 Å². The molecule has 0 saturated carbocycles. The molecule has 1 atom stereocenters. The minimum absolute atomic E-state index is 0.0536. The van der Waals surface area contributed by atoms with Crippen molar-refractivity contribution >= 4 is 25.5 Å². The van der Waals surface area contributed by atoms with Crippen LogP contribution in [0.1, 0.15) is 5.56 Å². The van der Waals surface area contributed by atoms with Gasteiger partial charge in [-0.15, -0.1) is 0 Å². The number of nitrogen functional groups attached to an aromatic ring is 1. The summed E-state index contributed by atoms with van der Waals surface area (Å²) in [6, 6.07) is 5.62. The number of rotatable bonds is 6. The fourth-order valence-electron chi connectivity index (χ4n) is 2.66. The highest BCUT2D eigenvalue weighted by Gasteiger charge is 2.22. The van der Waals surface area contributed by atoms with Gasteiger partial charge in [0.1, 0.15) is 17.8 Å². The Kier molecular flexibility index (Phi) is 4.93. The van der Waals surface area contributed by atoms with Crippen molar-refractivity contribution in [3.8, 4) is 11.5 Å². The molecule has 0 amide bonds. The molecule has 2 aromatic heterocycles. The predicted octanol–water partition coefficient (Wildman–Crippen LogP) is 1.61. The average Bonchev–Trinajstić information content (AvgIpc) is 3.08. The third kappa shape index (κ3) is 3.73. The molecule has 11 heteroatoms. The summed E-state index contributed by atoms with van der Waals surface area (Å²) in [5.41, 5.74) is 6.85. The molecule has 0 spiro atoms. The lowest BCUT2D eigenvalue weighted by Crippen LogP contribution is -2.13. The summed E-state index contributed by atoms with van der Waals surface area (Å²) in [5.74, 6) is 1.61. The van der Waals surface area contributed by atoms with Gasteiger partial charge < -0.3 is 28.8 Å². The van der Waals surface area contributed by atoms with Crippen molar-refractivity contribution in [1.82, 2.24) is 19.5 Å². The van der Waals surface area contributed by atoms with Crippen LogP contribution in [-0.4, -0.2) is 39.6 Å². The first-order chi connectivity index (χ1) is 13.1. The Labute approximate surface area is 155 Å². The first-order valence-corrected chi connectivity index (χ1v) is 9.54. The number of hydrogen-bond acceptors (Lipinski definition) is 8. The van der Waals surface area contributed by atoms with Crippen molar-refractivity contribution in [2.45, 2.75) is 13.2 Å². The molecule has 1 aliphatic rings. The lowest BCUT2D eigenvalue weighted by atomic mass is 10.2. The van der Waals surface area contributed by atoms with Gasteiger partial charge in [-0.1, -0.05) is 0 Å². The van der Waals surface area contributed by atoms with E-state index in [0.29, 0.717) is 31.8 Å². The van der Waals surface area contributed by atoms with E-state index in [1.54, 1.807) is 11.7 Å². The molecule has 4 rings (SSSR count). The van der Waals surface area contributed by atoms with Crippen molar-refractivity contribution in [3.63, 3.8) is 0 Å². The Morgan fingerprint density at radius 2 is 2.33 bits per heavy atom. The van der Waals surface area contributed by atoms with E-state index in [0.717, 1.165) is 17.1 Å². The van der Waals surface area contributed by atoms with Crippen LogP contribution in [0.25, 0.3) is 11.2 Å². The number of benzene rings is 1. The van der Waals surface area contributed by atoms with Crippen LogP contribution in [0.15, 0.2) is 29.3 Å². The van der Waals surface area contributed by atoms with E-state index in [2.05, 4.69) is 15.0 Å². The normalized spacial score (nSPS) is 16.1. The monoisotopic (exact) mass is 391 g/mol. The molecule has 142 valence electrons. The van der Waals surface area contributed by atoms with Crippen LogP contribution >= 0.6 is 8.38 Å². The number of nitrogens with zero attached hydrogens (tertiary/aromatic N) is 3. The number of hydrogen-bond donors (Lipinski definition) is 2. The third-order valence-corrected chi connectivity index (χ3v) is 5.21. The highest BCUT2D eigenvalue weighted by molar-refractivity contribution is 7.47. The maximum absolute atomic E-state index is 11.8. The Morgan fingerprint density at radius 3 is 3.19 bits per heavy atom. The van der Waals surface area contributed by atoms with Gasteiger partial charge in [0.15, 0.2) is 11.2 Å². The molecule has 3 aromatic rings. The number of methoxy groups -OCH3 is 1. The number of fused-ring (bicyclic) bond motifs is 2. The van der Waals surface area contributed by atoms with E-state index in [1.165, 1.54) is 6.33 Å². The Bertz CT molecular complexity index is 1020. The summed E-state index contributed by atoms with van der Waals surface area (Å²) in [6.07, 6.45) is 1.88. The molecule has 1 unspecified atom stereocenters. The van der Waals surface area contributed by atoms with Gasteiger partial charge in [-0.05, 0) is 18.2 Å². The van der Waals surface area contributed by atoms with E-state index in [4.69, 9.17) is 24.3 Å².